The Labute approximate surface area is 106 Å². The van der Waals surface area contributed by atoms with E-state index in [2.05, 4.69) is 21.3 Å². The Hall–Kier alpha value is -1.15. The number of nitrogens with one attached hydrogen (secondary N) is 1. The molecule has 0 aromatic carbocycles. The second kappa shape index (κ2) is 5.97. The minimum atomic E-state index is 0.0586. The van der Waals surface area contributed by atoms with Gasteiger partial charge in [-0.2, -0.15) is 5.26 Å². The van der Waals surface area contributed by atoms with Gasteiger partial charge >= 0.3 is 0 Å². The number of piperazine rings is 1. The predicted molar refractivity (Wildman–Crippen MR) is 66.7 cm³/mol. The number of nitrogens with zero attached hydrogens (tertiary/aromatic N) is 3. The molecule has 0 unspecified atom stereocenters. The maximum Gasteiger partial charge on any atom is 0.133 e. The van der Waals surface area contributed by atoms with Crippen molar-refractivity contribution in [3.63, 3.8) is 0 Å². The van der Waals surface area contributed by atoms with E-state index in [1.165, 1.54) is 0 Å². The number of nitriles is 1. The van der Waals surface area contributed by atoms with Crippen LogP contribution in [0, 0.1) is 11.3 Å². The van der Waals surface area contributed by atoms with Crippen molar-refractivity contribution in [3.8, 4) is 6.07 Å². The topological polar surface area (TPSA) is 52.0 Å². The van der Waals surface area contributed by atoms with E-state index in [0.29, 0.717) is 11.6 Å². The summed E-state index contributed by atoms with van der Waals surface area (Å²) in [6, 6.07) is 6.13. The standard InChI is InChI=1S/C12H15ClN4/c13-12-10(2-1-5-16-12)11(3-4-14)17-8-6-15-7-9-17/h1-2,5,11,15H,3,6-9H2/t11-/m1/s1. The van der Waals surface area contributed by atoms with Crippen LogP contribution < -0.4 is 5.32 Å². The normalized spacial score (nSPS) is 18.6. The molecule has 0 radical (unpaired) electrons. The SMILES string of the molecule is N#CC[C@H](c1cccnc1Cl)N1CCNCC1. The molecule has 0 aliphatic carbocycles. The van der Waals surface area contributed by atoms with E-state index < -0.39 is 0 Å². The third kappa shape index (κ3) is 2.95. The lowest BCUT2D eigenvalue weighted by Gasteiger charge is -2.34. The van der Waals surface area contributed by atoms with Crippen LogP contribution in [0.25, 0.3) is 0 Å². The Bertz CT molecular complexity index is 409. The zero-order valence-electron chi connectivity index (χ0n) is 9.56. The van der Waals surface area contributed by atoms with Crippen molar-refractivity contribution in [2.45, 2.75) is 12.5 Å². The number of hydrogen-bond donors (Lipinski definition) is 1. The summed E-state index contributed by atoms with van der Waals surface area (Å²) >= 11 is 6.11. The summed E-state index contributed by atoms with van der Waals surface area (Å²) in [7, 11) is 0. The molecular weight excluding hydrogens is 236 g/mol. The lowest BCUT2D eigenvalue weighted by molar-refractivity contribution is 0.175. The number of hydrogen-bond acceptors (Lipinski definition) is 4. The van der Waals surface area contributed by atoms with Crippen molar-refractivity contribution in [3.05, 3.63) is 29.0 Å². The van der Waals surface area contributed by atoms with Crippen LogP contribution in [0.3, 0.4) is 0 Å². The second-order valence-electron chi connectivity index (χ2n) is 4.05. The van der Waals surface area contributed by atoms with Crippen LogP contribution in [0.5, 0.6) is 0 Å². The quantitative estimate of drug-likeness (QED) is 0.828. The maximum absolute atomic E-state index is 8.96. The molecule has 0 bridgehead atoms. The van der Waals surface area contributed by atoms with Gasteiger partial charge in [0, 0.05) is 37.9 Å². The summed E-state index contributed by atoms with van der Waals surface area (Å²) in [5, 5.41) is 12.8. The summed E-state index contributed by atoms with van der Waals surface area (Å²) < 4.78 is 0. The molecule has 2 rings (SSSR count). The van der Waals surface area contributed by atoms with Crippen molar-refractivity contribution < 1.29 is 0 Å². The van der Waals surface area contributed by atoms with Crippen molar-refractivity contribution in [1.82, 2.24) is 15.2 Å². The van der Waals surface area contributed by atoms with E-state index in [1.54, 1.807) is 6.20 Å². The van der Waals surface area contributed by atoms with Gasteiger partial charge in [0.05, 0.1) is 18.5 Å². The summed E-state index contributed by atoms with van der Waals surface area (Å²) in [5.41, 5.74) is 0.956. The highest BCUT2D eigenvalue weighted by atomic mass is 35.5. The fraction of sp³-hybridized carbons (Fsp3) is 0.500. The molecule has 5 heteroatoms. The van der Waals surface area contributed by atoms with Gasteiger partial charge in [-0.25, -0.2) is 4.98 Å². The minimum Gasteiger partial charge on any atom is -0.314 e. The molecule has 1 saturated heterocycles. The predicted octanol–water partition coefficient (Wildman–Crippen LogP) is 1.59. The molecule has 1 aliphatic rings. The molecule has 1 aliphatic heterocycles. The van der Waals surface area contributed by atoms with Crippen LogP contribution in [0.15, 0.2) is 18.3 Å². The summed E-state index contributed by atoms with van der Waals surface area (Å²) in [6.07, 6.45) is 2.12. The van der Waals surface area contributed by atoms with Crippen molar-refractivity contribution >= 4 is 11.6 Å². The lowest BCUT2D eigenvalue weighted by atomic mass is 10.0. The molecule has 4 nitrogen and oxygen atoms in total. The fourth-order valence-corrected chi connectivity index (χ4v) is 2.41. The monoisotopic (exact) mass is 250 g/mol. The third-order valence-electron chi connectivity index (χ3n) is 3.02. The van der Waals surface area contributed by atoms with E-state index in [0.717, 1.165) is 31.7 Å². The molecule has 1 atom stereocenters. The van der Waals surface area contributed by atoms with E-state index in [4.69, 9.17) is 16.9 Å². The van der Waals surface area contributed by atoms with E-state index in [-0.39, 0.29) is 6.04 Å². The first-order chi connectivity index (χ1) is 8.33. The third-order valence-corrected chi connectivity index (χ3v) is 3.34. The van der Waals surface area contributed by atoms with Crippen molar-refractivity contribution in [1.29, 1.82) is 5.26 Å². The van der Waals surface area contributed by atoms with Gasteiger partial charge in [0.25, 0.3) is 0 Å². The highest BCUT2D eigenvalue weighted by Crippen LogP contribution is 2.28. The minimum absolute atomic E-state index is 0.0586. The number of halogens is 1. The molecule has 1 aromatic heterocycles. The molecule has 1 N–H and O–H groups in total. The van der Waals surface area contributed by atoms with Gasteiger partial charge in [0.15, 0.2) is 0 Å². The highest BCUT2D eigenvalue weighted by Gasteiger charge is 2.23. The number of rotatable bonds is 3. The van der Waals surface area contributed by atoms with Crippen molar-refractivity contribution in [2.24, 2.45) is 0 Å². The maximum atomic E-state index is 8.96. The van der Waals surface area contributed by atoms with Crippen LogP contribution in [0.1, 0.15) is 18.0 Å². The van der Waals surface area contributed by atoms with Gasteiger partial charge in [-0.1, -0.05) is 17.7 Å². The summed E-state index contributed by atoms with van der Waals surface area (Å²) in [5.74, 6) is 0. The van der Waals surface area contributed by atoms with Crippen LogP contribution >= 0.6 is 11.6 Å². The Morgan fingerprint density at radius 3 is 2.94 bits per heavy atom. The van der Waals surface area contributed by atoms with Gasteiger partial charge in [-0.3, -0.25) is 4.90 Å². The zero-order valence-corrected chi connectivity index (χ0v) is 10.3. The molecule has 0 amide bonds. The Morgan fingerprint density at radius 2 is 2.29 bits per heavy atom. The fourth-order valence-electron chi connectivity index (χ4n) is 2.16. The van der Waals surface area contributed by atoms with Gasteiger partial charge in [0.1, 0.15) is 5.15 Å². The van der Waals surface area contributed by atoms with Crippen LogP contribution in [0.2, 0.25) is 5.15 Å². The average Bonchev–Trinajstić information content (AvgIpc) is 2.38. The van der Waals surface area contributed by atoms with Crippen LogP contribution in [0.4, 0.5) is 0 Å². The zero-order chi connectivity index (χ0) is 12.1. The summed E-state index contributed by atoms with van der Waals surface area (Å²) in [4.78, 5) is 6.39. The summed E-state index contributed by atoms with van der Waals surface area (Å²) in [6.45, 7) is 3.80. The van der Waals surface area contributed by atoms with Gasteiger partial charge in [-0.05, 0) is 6.07 Å². The smallest absolute Gasteiger partial charge is 0.133 e. The molecule has 2 heterocycles. The van der Waals surface area contributed by atoms with Crippen LogP contribution in [-0.4, -0.2) is 36.1 Å². The number of pyridine rings is 1. The molecule has 17 heavy (non-hydrogen) atoms. The Balaban J connectivity index is 2.22. The average molecular weight is 251 g/mol. The Morgan fingerprint density at radius 1 is 1.53 bits per heavy atom. The molecule has 0 saturated carbocycles. The first-order valence-corrected chi connectivity index (χ1v) is 6.13. The van der Waals surface area contributed by atoms with E-state index in [1.807, 2.05) is 12.1 Å². The van der Waals surface area contributed by atoms with Gasteiger partial charge in [-0.15, -0.1) is 0 Å². The molecule has 1 aromatic rings. The molecule has 1 fully saturated rings. The first-order valence-electron chi connectivity index (χ1n) is 5.75. The van der Waals surface area contributed by atoms with Gasteiger partial charge < -0.3 is 5.32 Å². The van der Waals surface area contributed by atoms with E-state index >= 15 is 0 Å². The van der Waals surface area contributed by atoms with Crippen molar-refractivity contribution in [2.75, 3.05) is 26.2 Å². The number of aromatic nitrogens is 1. The Kier molecular flexibility index (Phi) is 4.32. The van der Waals surface area contributed by atoms with E-state index in [9.17, 15) is 0 Å². The molecule has 90 valence electrons. The molecule has 0 spiro atoms. The lowest BCUT2D eigenvalue weighted by Crippen LogP contribution is -2.45. The van der Waals surface area contributed by atoms with Gasteiger partial charge in [0.2, 0.25) is 0 Å². The largest absolute Gasteiger partial charge is 0.314 e. The first kappa shape index (κ1) is 12.3. The highest BCUT2D eigenvalue weighted by molar-refractivity contribution is 6.30. The second-order valence-corrected chi connectivity index (χ2v) is 4.41. The molecular formula is C12H15ClN4. The van der Waals surface area contributed by atoms with Crippen LogP contribution in [-0.2, 0) is 0 Å².